The van der Waals surface area contributed by atoms with E-state index in [2.05, 4.69) is 16.0 Å². The van der Waals surface area contributed by atoms with Crippen LogP contribution in [0.2, 0.25) is 5.02 Å². The first-order chi connectivity index (χ1) is 17.7. The highest BCUT2D eigenvalue weighted by atomic mass is 35.5. The van der Waals surface area contributed by atoms with Gasteiger partial charge < -0.3 is 25.8 Å². The number of hydrogen-bond acceptors (Lipinski definition) is 5. The highest BCUT2D eigenvalue weighted by molar-refractivity contribution is 6.31. The lowest BCUT2D eigenvalue weighted by Gasteiger charge is -2.20. The van der Waals surface area contributed by atoms with Crippen molar-refractivity contribution in [1.29, 1.82) is 5.26 Å². The van der Waals surface area contributed by atoms with Gasteiger partial charge in [0.05, 0.1) is 16.3 Å². The maximum absolute atomic E-state index is 13.0. The largest absolute Gasteiger partial charge is 0.506 e. The number of nitrogens with zero attached hydrogens (tertiary/aromatic N) is 1. The lowest BCUT2D eigenvalue weighted by atomic mass is 10.1. The molecular formula is C28H29ClN4O4. The summed E-state index contributed by atoms with van der Waals surface area (Å²) in [5, 5.41) is 27.7. The Balaban J connectivity index is 1.66. The first-order valence-corrected chi connectivity index (χ1v) is 12.2. The Morgan fingerprint density at radius 3 is 2.43 bits per heavy atom. The normalized spacial score (nSPS) is 11.2. The van der Waals surface area contributed by atoms with E-state index < -0.39 is 12.1 Å². The summed E-state index contributed by atoms with van der Waals surface area (Å²) < 4.78 is 6.06. The van der Waals surface area contributed by atoms with E-state index in [4.69, 9.17) is 21.6 Å². The molecule has 1 atom stereocenters. The molecule has 3 rings (SSSR count). The van der Waals surface area contributed by atoms with Crippen LogP contribution in [0, 0.1) is 25.2 Å². The Kier molecular flexibility index (Phi) is 9.36. The van der Waals surface area contributed by atoms with Crippen LogP contribution < -0.4 is 20.7 Å². The second-order valence-electron chi connectivity index (χ2n) is 8.62. The van der Waals surface area contributed by atoms with Crippen molar-refractivity contribution in [2.45, 2.75) is 46.1 Å². The van der Waals surface area contributed by atoms with E-state index in [1.807, 2.05) is 45.0 Å². The van der Waals surface area contributed by atoms with Crippen LogP contribution in [0.4, 0.5) is 21.9 Å². The van der Waals surface area contributed by atoms with E-state index >= 15 is 0 Å². The number of nitrogens with one attached hydrogen (secondary N) is 3. The van der Waals surface area contributed by atoms with E-state index in [0.29, 0.717) is 23.5 Å². The molecule has 0 saturated heterocycles. The molecule has 0 bridgehead atoms. The zero-order valence-corrected chi connectivity index (χ0v) is 21.6. The number of aromatic hydroxyl groups is 1. The zero-order valence-electron chi connectivity index (χ0n) is 20.9. The van der Waals surface area contributed by atoms with E-state index in [-0.39, 0.29) is 27.9 Å². The van der Waals surface area contributed by atoms with Crippen molar-refractivity contribution in [2.75, 3.05) is 16.0 Å². The van der Waals surface area contributed by atoms with Gasteiger partial charge >= 0.3 is 6.03 Å². The summed E-state index contributed by atoms with van der Waals surface area (Å²) >= 11 is 5.91. The van der Waals surface area contributed by atoms with Gasteiger partial charge in [0, 0.05) is 17.4 Å². The van der Waals surface area contributed by atoms with Crippen molar-refractivity contribution in [3.05, 3.63) is 76.3 Å². The van der Waals surface area contributed by atoms with Gasteiger partial charge in [-0.25, -0.2) is 4.79 Å². The molecule has 0 fully saturated rings. The minimum absolute atomic E-state index is 0.138. The molecule has 0 heterocycles. The van der Waals surface area contributed by atoms with E-state index in [0.717, 1.165) is 24.0 Å². The Bertz CT molecular complexity index is 1340. The maximum atomic E-state index is 13.0. The van der Waals surface area contributed by atoms with Crippen LogP contribution in [0.5, 0.6) is 11.5 Å². The van der Waals surface area contributed by atoms with Crippen LogP contribution in [0.25, 0.3) is 0 Å². The standard InChI is InChI=1S/C28H29ClN4O4/c1-4-5-6-26(37-25-12-7-17(2)13-18(25)3)27(35)31-21-9-11-23(24(34)15-21)33-28(36)32-20-8-10-22(29)19(14-20)16-30/h7-15,26,34H,4-6H2,1-3H3,(H,31,35)(H2,32,33,36). The van der Waals surface area contributed by atoms with Crippen molar-refractivity contribution in [3.63, 3.8) is 0 Å². The summed E-state index contributed by atoms with van der Waals surface area (Å²) in [5.41, 5.74) is 3.14. The van der Waals surface area contributed by atoms with Gasteiger partial charge in [-0.1, -0.05) is 42.6 Å². The highest BCUT2D eigenvalue weighted by Crippen LogP contribution is 2.28. The van der Waals surface area contributed by atoms with Crippen LogP contribution in [0.15, 0.2) is 54.6 Å². The van der Waals surface area contributed by atoms with Crippen LogP contribution >= 0.6 is 11.6 Å². The number of anilines is 3. The number of hydrogen-bond donors (Lipinski definition) is 4. The molecule has 8 nitrogen and oxygen atoms in total. The molecule has 0 aliphatic heterocycles. The average Bonchev–Trinajstić information content (AvgIpc) is 2.85. The number of carbonyl (C=O) groups is 2. The number of phenolic OH excluding ortho intramolecular Hbond substituents is 1. The molecule has 9 heteroatoms. The molecular weight excluding hydrogens is 492 g/mol. The number of urea groups is 1. The molecule has 0 saturated carbocycles. The van der Waals surface area contributed by atoms with Crippen LogP contribution in [-0.4, -0.2) is 23.1 Å². The van der Waals surface area contributed by atoms with Gasteiger partial charge in [0.1, 0.15) is 17.6 Å². The predicted octanol–water partition coefficient (Wildman–Crippen LogP) is 6.75. The monoisotopic (exact) mass is 520 g/mol. The Morgan fingerprint density at radius 1 is 1.03 bits per heavy atom. The molecule has 0 radical (unpaired) electrons. The minimum Gasteiger partial charge on any atom is -0.506 e. The second-order valence-corrected chi connectivity index (χ2v) is 9.03. The molecule has 192 valence electrons. The molecule has 0 aliphatic carbocycles. The number of amides is 3. The number of halogens is 1. The summed E-state index contributed by atoms with van der Waals surface area (Å²) in [4.78, 5) is 25.4. The lowest BCUT2D eigenvalue weighted by molar-refractivity contribution is -0.123. The summed E-state index contributed by atoms with van der Waals surface area (Å²) in [5.74, 6) is 0.0855. The molecule has 0 spiro atoms. The molecule has 0 aromatic heterocycles. The summed E-state index contributed by atoms with van der Waals surface area (Å²) in [7, 11) is 0. The van der Waals surface area contributed by atoms with Gasteiger partial charge in [0.2, 0.25) is 0 Å². The summed E-state index contributed by atoms with van der Waals surface area (Å²) in [6, 6.07) is 16.0. The molecule has 4 N–H and O–H groups in total. The fraction of sp³-hybridized carbons (Fsp3) is 0.250. The second kappa shape index (κ2) is 12.7. The number of rotatable bonds is 9. The van der Waals surface area contributed by atoms with E-state index in [1.54, 1.807) is 12.1 Å². The number of unbranched alkanes of at least 4 members (excludes halogenated alkanes) is 1. The van der Waals surface area contributed by atoms with Gasteiger partial charge in [0.25, 0.3) is 5.91 Å². The highest BCUT2D eigenvalue weighted by Gasteiger charge is 2.21. The van der Waals surface area contributed by atoms with Crippen LogP contribution in [-0.2, 0) is 4.79 Å². The van der Waals surface area contributed by atoms with Crippen molar-refractivity contribution in [2.24, 2.45) is 0 Å². The Morgan fingerprint density at radius 2 is 1.76 bits per heavy atom. The first-order valence-electron chi connectivity index (χ1n) is 11.9. The number of carbonyl (C=O) groups excluding carboxylic acids is 2. The fourth-order valence-electron chi connectivity index (χ4n) is 3.63. The molecule has 3 aromatic carbocycles. The SMILES string of the molecule is CCCCC(Oc1ccc(C)cc1C)C(=O)Nc1ccc(NC(=O)Nc2ccc(Cl)c(C#N)c2)c(O)c1. The number of aryl methyl sites for hydroxylation is 2. The van der Waals surface area contributed by atoms with E-state index in [1.165, 1.54) is 24.3 Å². The average molecular weight is 521 g/mol. The molecule has 1 unspecified atom stereocenters. The van der Waals surface area contributed by atoms with Gasteiger partial charge in [-0.15, -0.1) is 0 Å². The van der Waals surface area contributed by atoms with Crippen LogP contribution in [0.3, 0.4) is 0 Å². The molecule has 3 aromatic rings. The summed E-state index contributed by atoms with van der Waals surface area (Å²) in [6.07, 6.45) is 1.57. The van der Waals surface area contributed by atoms with Crippen molar-refractivity contribution < 1.29 is 19.4 Å². The van der Waals surface area contributed by atoms with Crippen molar-refractivity contribution in [1.82, 2.24) is 0 Å². The van der Waals surface area contributed by atoms with Gasteiger partial charge in [-0.2, -0.15) is 5.26 Å². The Hall–Kier alpha value is -4.22. The Labute approximate surface area is 221 Å². The number of nitriles is 1. The zero-order chi connectivity index (χ0) is 26.9. The minimum atomic E-state index is -0.704. The summed E-state index contributed by atoms with van der Waals surface area (Å²) in [6.45, 7) is 5.97. The quantitative estimate of drug-likeness (QED) is 0.232. The van der Waals surface area contributed by atoms with Gasteiger partial charge in [-0.3, -0.25) is 4.79 Å². The number of phenols is 1. The topological polar surface area (TPSA) is 123 Å². The van der Waals surface area contributed by atoms with Crippen molar-refractivity contribution >= 4 is 40.6 Å². The molecule has 3 amide bonds. The fourth-order valence-corrected chi connectivity index (χ4v) is 3.79. The third-order valence-electron chi connectivity index (χ3n) is 5.57. The third-order valence-corrected chi connectivity index (χ3v) is 5.90. The smallest absolute Gasteiger partial charge is 0.323 e. The van der Waals surface area contributed by atoms with Crippen LogP contribution in [0.1, 0.15) is 42.9 Å². The third kappa shape index (κ3) is 7.63. The maximum Gasteiger partial charge on any atom is 0.323 e. The molecule has 37 heavy (non-hydrogen) atoms. The number of ether oxygens (including phenoxy) is 1. The van der Waals surface area contributed by atoms with Gasteiger partial charge in [0.15, 0.2) is 6.10 Å². The predicted molar refractivity (Wildman–Crippen MR) is 145 cm³/mol. The first kappa shape index (κ1) is 27.4. The van der Waals surface area contributed by atoms with Gasteiger partial charge in [-0.05, 0) is 68.7 Å². The van der Waals surface area contributed by atoms with Crippen molar-refractivity contribution in [3.8, 4) is 17.6 Å². The lowest BCUT2D eigenvalue weighted by Crippen LogP contribution is -2.33. The number of benzene rings is 3. The molecule has 0 aliphatic rings. The van der Waals surface area contributed by atoms with E-state index in [9.17, 15) is 14.7 Å².